The Morgan fingerprint density at radius 3 is 2.80 bits per heavy atom. The van der Waals surface area contributed by atoms with Gasteiger partial charge in [-0.3, -0.25) is 4.90 Å². The second-order valence-electron chi connectivity index (χ2n) is 4.77. The van der Waals surface area contributed by atoms with E-state index in [1.54, 1.807) is 0 Å². The molecule has 0 bridgehead atoms. The number of carboxylic acid groups (broad SMARTS) is 1. The summed E-state index contributed by atoms with van der Waals surface area (Å²) in [6.45, 7) is 5.09. The molecule has 0 spiro atoms. The molecule has 1 aromatic carbocycles. The Labute approximate surface area is 117 Å². The molecule has 1 aliphatic heterocycles. The third kappa shape index (κ3) is 4.47. The molecule has 0 aromatic heterocycles. The lowest BCUT2D eigenvalue weighted by Crippen LogP contribution is -2.37. The standard InChI is InChI=1S/C14H19FN2O3/c15-12-8-11(14(18)19)9-13(10-12)16-2-1-3-17-4-6-20-7-5-17/h8-10,16H,1-7H2,(H,18,19). The number of benzene rings is 1. The van der Waals surface area contributed by atoms with Gasteiger partial charge in [0.1, 0.15) is 5.82 Å². The lowest BCUT2D eigenvalue weighted by atomic mass is 10.2. The Balaban J connectivity index is 1.77. The van der Waals surface area contributed by atoms with Crippen LogP contribution in [0.3, 0.4) is 0 Å². The van der Waals surface area contributed by atoms with Crippen molar-refractivity contribution >= 4 is 11.7 Å². The van der Waals surface area contributed by atoms with E-state index in [1.807, 2.05) is 0 Å². The van der Waals surface area contributed by atoms with Gasteiger partial charge in [0, 0.05) is 25.3 Å². The van der Waals surface area contributed by atoms with E-state index < -0.39 is 11.8 Å². The first-order valence-electron chi connectivity index (χ1n) is 6.73. The summed E-state index contributed by atoms with van der Waals surface area (Å²) in [5, 5.41) is 11.9. The number of morpholine rings is 1. The number of nitrogens with one attached hydrogen (secondary N) is 1. The van der Waals surface area contributed by atoms with Gasteiger partial charge < -0.3 is 15.2 Å². The maximum absolute atomic E-state index is 13.3. The molecule has 0 amide bonds. The Hall–Kier alpha value is -1.66. The van der Waals surface area contributed by atoms with E-state index in [0.29, 0.717) is 12.2 Å². The number of aromatic carboxylic acids is 1. The zero-order valence-corrected chi connectivity index (χ0v) is 11.3. The number of hydrogen-bond acceptors (Lipinski definition) is 4. The average molecular weight is 282 g/mol. The van der Waals surface area contributed by atoms with Gasteiger partial charge >= 0.3 is 5.97 Å². The summed E-state index contributed by atoms with van der Waals surface area (Å²) in [5.41, 5.74) is 0.463. The third-order valence-corrected chi connectivity index (χ3v) is 3.23. The van der Waals surface area contributed by atoms with Gasteiger partial charge in [0.2, 0.25) is 0 Å². The molecular weight excluding hydrogens is 263 g/mol. The van der Waals surface area contributed by atoms with Crippen LogP contribution in [-0.4, -0.2) is 55.4 Å². The Morgan fingerprint density at radius 2 is 2.10 bits per heavy atom. The van der Waals surface area contributed by atoms with Gasteiger partial charge in [-0.1, -0.05) is 0 Å². The minimum Gasteiger partial charge on any atom is -0.478 e. The van der Waals surface area contributed by atoms with Gasteiger partial charge in [-0.25, -0.2) is 9.18 Å². The first-order chi connectivity index (χ1) is 9.65. The summed E-state index contributed by atoms with van der Waals surface area (Å²) in [4.78, 5) is 13.1. The predicted octanol–water partition coefficient (Wildman–Crippen LogP) is 1.66. The zero-order valence-electron chi connectivity index (χ0n) is 11.3. The molecule has 1 saturated heterocycles. The van der Waals surface area contributed by atoms with Crippen LogP contribution in [0.2, 0.25) is 0 Å². The molecule has 1 heterocycles. The van der Waals surface area contributed by atoms with Crippen LogP contribution in [0.1, 0.15) is 16.8 Å². The smallest absolute Gasteiger partial charge is 0.335 e. The number of rotatable bonds is 6. The zero-order chi connectivity index (χ0) is 14.4. The molecule has 1 fully saturated rings. The van der Waals surface area contributed by atoms with Crippen molar-refractivity contribution in [3.63, 3.8) is 0 Å². The Bertz CT molecular complexity index is 462. The molecule has 20 heavy (non-hydrogen) atoms. The normalized spacial score (nSPS) is 16.1. The average Bonchev–Trinajstić information content (AvgIpc) is 2.44. The first kappa shape index (κ1) is 14.7. The van der Waals surface area contributed by atoms with Gasteiger partial charge in [0.25, 0.3) is 0 Å². The van der Waals surface area contributed by atoms with Crippen LogP contribution in [-0.2, 0) is 4.74 Å². The summed E-state index contributed by atoms with van der Waals surface area (Å²) in [6.07, 6.45) is 0.916. The van der Waals surface area contributed by atoms with E-state index in [1.165, 1.54) is 12.1 Å². The van der Waals surface area contributed by atoms with Gasteiger partial charge in [0.05, 0.1) is 18.8 Å². The lowest BCUT2D eigenvalue weighted by molar-refractivity contribution is 0.0378. The van der Waals surface area contributed by atoms with E-state index in [9.17, 15) is 9.18 Å². The summed E-state index contributed by atoms with van der Waals surface area (Å²) in [5.74, 6) is -1.67. The molecule has 0 atom stereocenters. The first-order valence-corrected chi connectivity index (χ1v) is 6.73. The van der Waals surface area contributed by atoms with E-state index in [2.05, 4.69) is 10.2 Å². The maximum Gasteiger partial charge on any atom is 0.335 e. The molecule has 2 N–H and O–H groups in total. The molecule has 110 valence electrons. The molecule has 0 saturated carbocycles. The van der Waals surface area contributed by atoms with Crippen molar-refractivity contribution in [2.75, 3.05) is 44.7 Å². The molecule has 0 radical (unpaired) electrons. The summed E-state index contributed by atoms with van der Waals surface area (Å²) in [6, 6.07) is 3.77. The van der Waals surface area contributed by atoms with Gasteiger partial charge in [0.15, 0.2) is 0 Å². The second-order valence-corrected chi connectivity index (χ2v) is 4.77. The van der Waals surface area contributed by atoms with Gasteiger partial charge in [-0.15, -0.1) is 0 Å². The van der Waals surface area contributed by atoms with Crippen molar-refractivity contribution < 1.29 is 19.0 Å². The van der Waals surface area contributed by atoms with E-state index in [4.69, 9.17) is 9.84 Å². The SMILES string of the molecule is O=C(O)c1cc(F)cc(NCCCN2CCOCC2)c1. The van der Waals surface area contributed by atoms with Crippen LogP contribution in [0.25, 0.3) is 0 Å². The fourth-order valence-corrected chi connectivity index (χ4v) is 2.18. The topological polar surface area (TPSA) is 61.8 Å². The third-order valence-electron chi connectivity index (χ3n) is 3.23. The fraction of sp³-hybridized carbons (Fsp3) is 0.500. The van der Waals surface area contributed by atoms with E-state index in [0.717, 1.165) is 45.3 Å². The molecule has 2 rings (SSSR count). The van der Waals surface area contributed by atoms with Crippen LogP contribution in [0, 0.1) is 5.82 Å². The van der Waals surface area contributed by atoms with Crippen molar-refractivity contribution in [1.29, 1.82) is 0 Å². The van der Waals surface area contributed by atoms with Crippen LogP contribution >= 0.6 is 0 Å². The van der Waals surface area contributed by atoms with Crippen LogP contribution < -0.4 is 5.32 Å². The summed E-state index contributed by atoms with van der Waals surface area (Å²) >= 11 is 0. The van der Waals surface area contributed by atoms with E-state index in [-0.39, 0.29) is 5.56 Å². The van der Waals surface area contributed by atoms with Crippen LogP contribution in [0.5, 0.6) is 0 Å². The highest BCUT2D eigenvalue weighted by molar-refractivity contribution is 5.88. The molecule has 5 nitrogen and oxygen atoms in total. The quantitative estimate of drug-likeness (QED) is 0.777. The minimum absolute atomic E-state index is 0.0410. The molecular formula is C14H19FN2O3. The predicted molar refractivity (Wildman–Crippen MR) is 73.7 cm³/mol. The number of hydrogen-bond donors (Lipinski definition) is 2. The monoisotopic (exact) mass is 282 g/mol. The molecule has 0 aliphatic carbocycles. The summed E-state index contributed by atoms with van der Waals surface area (Å²) < 4.78 is 18.5. The van der Waals surface area contributed by atoms with E-state index >= 15 is 0 Å². The molecule has 1 aromatic rings. The molecule has 1 aliphatic rings. The highest BCUT2D eigenvalue weighted by atomic mass is 19.1. The number of carboxylic acids is 1. The Morgan fingerprint density at radius 1 is 1.35 bits per heavy atom. The van der Waals surface area contributed by atoms with Crippen LogP contribution in [0.4, 0.5) is 10.1 Å². The number of anilines is 1. The maximum atomic E-state index is 13.3. The highest BCUT2D eigenvalue weighted by Crippen LogP contribution is 2.14. The van der Waals surface area contributed by atoms with Gasteiger partial charge in [-0.2, -0.15) is 0 Å². The van der Waals surface area contributed by atoms with Crippen molar-refractivity contribution in [1.82, 2.24) is 4.90 Å². The second kappa shape index (κ2) is 7.21. The van der Waals surface area contributed by atoms with Gasteiger partial charge in [-0.05, 0) is 31.2 Å². The minimum atomic E-state index is -1.12. The van der Waals surface area contributed by atoms with Crippen molar-refractivity contribution in [2.24, 2.45) is 0 Å². The molecule has 6 heteroatoms. The lowest BCUT2D eigenvalue weighted by Gasteiger charge is -2.26. The number of ether oxygens (including phenoxy) is 1. The number of carbonyl (C=O) groups is 1. The Kier molecular flexibility index (Phi) is 5.31. The highest BCUT2D eigenvalue weighted by Gasteiger charge is 2.10. The van der Waals surface area contributed by atoms with Crippen molar-refractivity contribution in [2.45, 2.75) is 6.42 Å². The number of nitrogens with zero attached hydrogens (tertiary/aromatic N) is 1. The molecule has 0 unspecified atom stereocenters. The summed E-state index contributed by atoms with van der Waals surface area (Å²) in [7, 11) is 0. The largest absolute Gasteiger partial charge is 0.478 e. The fourth-order valence-electron chi connectivity index (χ4n) is 2.18. The van der Waals surface area contributed by atoms with Crippen molar-refractivity contribution in [3.8, 4) is 0 Å². The van der Waals surface area contributed by atoms with Crippen molar-refractivity contribution in [3.05, 3.63) is 29.6 Å². The number of halogens is 1. The van der Waals surface area contributed by atoms with Crippen LogP contribution in [0.15, 0.2) is 18.2 Å².